The Kier molecular flexibility index (Phi) is 4.99. The molecule has 34 heavy (non-hydrogen) atoms. The van der Waals surface area contributed by atoms with Gasteiger partial charge in [0.1, 0.15) is 0 Å². The number of aromatic nitrogens is 1. The minimum Gasteiger partial charge on any atom is -0.493 e. The van der Waals surface area contributed by atoms with E-state index in [-0.39, 0.29) is 18.1 Å². The first-order valence-corrected chi connectivity index (χ1v) is 11.7. The van der Waals surface area contributed by atoms with Crippen molar-refractivity contribution >= 4 is 16.6 Å². The SMILES string of the molecule is COc1cc2c3c(n(CCCNC4CCC4)c(=O)c2cc1OC)-c1cc2c(cc1C3=O)OCO2. The average molecular weight is 463 g/mol. The van der Waals surface area contributed by atoms with Crippen LogP contribution in [0.4, 0.5) is 0 Å². The van der Waals surface area contributed by atoms with E-state index in [9.17, 15) is 9.59 Å². The van der Waals surface area contributed by atoms with E-state index in [4.69, 9.17) is 18.9 Å². The standard InChI is InChI=1S/C26H26N2O6/c1-31-19-9-15-18(12-20(19)32-2)26(30)28(8-4-7-27-14-5-3-6-14)24-16-10-21-22(34-13-33-21)11-17(16)25(29)23(15)24/h9-12,14,27H,3-8,13H2,1-2H3. The number of nitrogens with one attached hydrogen (secondary N) is 1. The Morgan fingerprint density at radius 1 is 0.971 bits per heavy atom. The molecule has 1 saturated carbocycles. The van der Waals surface area contributed by atoms with Crippen LogP contribution in [-0.4, -0.2) is 43.9 Å². The zero-order valence-electron chi connectivity index (χ0n) is 19.2. The van der Waals surface area contributed by atoms with Crippen molar-refractivity contribution in [1.29, 1.82) is 0 Å². The highest BCUT2D eigenvalue weighted by Gasteiger charge is 2.35. The summed E-state index contributed by atoms with van der Waals surface area (Å²) in [5.41, 5.74) is 2.19. The second-order valence-electron chi connectivity index (χ2n) is 8.95. The van der Waals surface area contributed by atoms with Crippen molar-refractivity contribution < 1.29 is 23.7 Å². The van der Waals surface area contributed by atoms with Crippen molar-refractivity contribution in [3.8, 4) is 34.3 Å². The van der Waals surface area contributed by atoms with Gasteiger partial charge in [0, 0.05) is 29.1 Å². The number of ketones is 1. The van der Waals surface area contributed by atoms with Gasteiger partial charge in [0.25, 0.3) is 5.56 Å². The molecule has 2 heterocycles. The Morgan fingerprint density at radius 2 is 1.65 bits per heavy atom. The minimum atomic E-state index is -0.156. The number of methoxy groups -OCH3 is 2. The van der Waals surface area contributed by atoms with Gasteiger partial charge in [-0.05, 0) is 50.1 Å². The van der Waals surface area contributed by atoms with Crippen molar-refractivity contribution in [3.63, 3.8) is 0 Å². The lowest BCUT2D eigenvalue weighted by Gasteiger charge is -2.26. The largest absolute Gasteiger partial charge is 0.493 e. The van der Waals surface area contributed by atoms with Crippen LogP contribution in [0.5, 0.6) is 23.0 Å². The first-order chi connectivity index (χ1) is 16.6. The predicted molar refractivity (Wildman–Crippen MR) is 127 cm³/mol. The third-order valence-corrected chi connectivity index (χ3v) is 7.11. The quantitative estimate of drug-likeness (QED) is 0.421. The van der Waals surface area contributed by atoms with Gasteiger partial charge in [0.15, 0.2) is 28.8 Å². The molecule has 0 radical (unpaired) electrons. The van der Waals surface area contributed by atoms with Crippen LogP contribution in [0.15, 0.2) is 29.1 Å². The van der Waals surface area contributed by atoms with Crippen LogP contribution in [0.25, 0.3) is 22.0 Å². The lowest BCUT2D eigenvalue weighted by atomic mass is 9.93. The van der Waals surface area contributed by atoms with E-state index in [0.29, 0.717) is 68.7 Å². The molecule has 0 atom stereocenters. The number of hydrogen-bond donors (Lipinski definition) is 1. The molecule has 1 aromatic heterocycles. The van der Waals surface area contributed by atoms with Crippen LogP contribution >= 0.6 is 0 Å². The van der Waals surface area contributed by atoms with Crippen molar-refractivity contribution in [2.45, 2.75) is 38.3 Å². The highest BCUT2D eigenvalue weighted by atomic mass is 16.7. The van der Waals surface area contributed by atoms with Crippen LogP contribution in [0.1, 0.15) is 41.6 Å². The van der Waals surface area contributed by atoms with Crippen molar-refractivity contribution in [1.82, 2.24) is 9.88 Å². The fourth-order valence-corrected chi connectivity index (χ4v) is 5.11. The van der Waals surface area contributed by atoms with Gasteiger partial charge in [-0.1, -0.05) is 6.42 Å². The second kappa shape index (κ2) is 8.06. The number of hydrogen-bond acceptors (Lipinski definition) is 7. The molecular formula is C26H26N2O6. The molecule has 2 aliphatic carbocycles. The zero-order chi connectivity index (χ0) is 23.4. The molecule has 8 nitrogen and oxygen atoms in total. The van der Waals surface area contributed by atoms with Crippen LogP contribution in [0, 0.1) is 0 Å². The van der Waals surface area contributed by atoms with Crippen LogP contribution in [-0.2, 0) is 6.54 Å². The highest BCUT2D eigenvalue weighted by molar-refractivity contribution is 6.27. The smallest absolute Gasteiger partial charge is 0.259 e. The molecule has 0 spiro atoms. The number of carbonyl (C=O) groups is 1. The molecule has 0 bridgehead atoms. The molecule has 8 heteroatoms. The topological polar surface area (TPSA) is 88.0 Å². The number of rotatable bonds is 7. The number of carbonyl (C=O) groups excluding carboxylic acids is 1. The van der Waals surface area contributed by atoms with Crippen LogP contribution in [0.2, 0.25) is 0 Å². The van der Waals surface area contributed by atoms with Crippen molar-refractivity contribution in [3.05, 3.63) is 45.7 Å². The summed E-state index contributed by atoms with van der Waals surface area (Å²) in [7, 11) is 3.07. The normalized spacial score (nSPS) is 15.9. The fraction of sp³-hybridized carbons (Fsp3) is 0.385. The lowest BCUT2D eigenvalue weighted by Crippen LogP contribution is -2.36. The third kappa shape index (κ3) is 3.09. The van der Waals surface area contributed by atoms with Gasteiger partial charge in [0.05, 0.1) is 30.9 Å². The molecule has 6 rings (SSSR count). The maximum atomic E-state index is 13.8. The maximum absolute atomic E-state index is 13.8. The monoisotopic (exact) mass is 462 g/mol. The van der Waals surface area contributed by atoms with Crippen molar-refractivity contribution in [2.75, 3.05) is 27.6 Å². The fourth-order valence-electron chi connectivity index (χ4n) is 5.11. The minimum absolute atomic E-state index is 0.119. The van der Waals surface area contributed by atoms with Gasteiger partial charge >= 0.3 is 0 Å². The molecule has 0 amide bonds. The van der Waals surface area contributed by atoms with Gasteiger partial charge in [-0.15, -0.1) is 0 Å². The molecule has 3 aromatic rings. The van der Waals surface area contributed by atoms with Crippen LogP contribution in [0.3, 0.4) is 0 Å². The van der Waals surface area contributed by atoms with Gasteiger partial charge < -0.3 is 28.8 Å². The predicted octanol–water partition coefficient (Wildman–Crippen LogP) is 3.49. The lowest BCUT2D eigenvalue weighted by molar-refractivity contribution is 0.104. The zero-order valence-corrected chi connectivity index (χ0v) is 19.2. The molecular weight excluding hydrogens is 436 g/mol. The molecule has 3 aliphatic rings. The number of pyridine rings is 1. The average Bonchev–Trinajstić information content (AvgIpc) is 3.39. The van der Waals surface area contributed by atoms with E-state index in [0.717, 1.165) is 13.0 Å². The van der Waals surface area contributed by atoms with E-state index in [2.05, 4.69) is 5.32 Å². The Hall–Kier alpha value is -3.52. The number of ether oxygens (including phenoxy) is 4. The van der Waals surface area contributed by atoms with E-state index >= 15 is 0 Å². The summed E-state index contributed by atoms with van der Waals surface area (Å²) in [6, 6.07) is 7.51. The Balaban J connectivity index is 1.53. The summed E-state index contributed by atoms with van der Waals surface area (Å²) in [5, 5.41) is 4.55. The van der Waals surface area contributed by atoms with Gasteiger partial charge in [-0.2, -0.15) is 0 Å². The summed E-state index contributed by atoms with van der Waals surface area (Å²) in [5.74, 6) is 1.91. The van der Waals surface area contributed by atoms with Gasteiger partial charge in [0.2, 0.25) is 6.79 Å². The van der Waals surface area contributed by atoms with Gasteiger partial charge in [-0.25, -0.2) is 0 Å². The summed E-state index contributed by atoms with van der Waals surface area (Å²) < 4.78 is 23.7. The van der Waals surface area contributed by atoms with E-state index in [1.165, 1.54) is 33.5 Å². The number of benzene rings is 2. The van der Waals surface area contributed by atoms with Crippen LogP contribution < -0.4 is 29.8 Å². The molecule has 0 unspecified atom stereocenters. The van der Waals surface area contributed by atoms with Gasteiger partial charge in [-0.3, -0.25) is 9.59 Å². The Morgan fingerprint density at radius 3 is 2.29 bits per heavy atom. The Bertz CT molecular complexity index is 1390. The number of nitrogens with zero attached hydrogens (tertiary/aromatic N) is 1. The second-order valence-corrected chi connectivity index (χ2v) is 8.95. The van der Waals surface area contributed by atoms with Crippen molar-refractivity contribution in [2.24, 2.45) is 0 Å². The first kappa shape index (κ1) is 21.0. The summed E-state index contributed by atoms with van der Waals surface area (Å²) in [4.78, 5) is 27.5. The third-order valence-electron chi connectivity index (χ3n) is 7.11. The summed E-state index contributed by atoms with van der Waals surface area (Å²) in [6.07, 6.45) is 4.47. The molecule has 176 valence electrons. The molecule has 1 N–H and O–H groups in total. The van der Waals surface area contributed by atoms with E-state index in [1.54, 1.807) is 22.8 Å². The molecule has 1 fully saturated rings. The van der Waals surface area contributed by atoms with E-state index in [1.807, 2.05) is 6.07 Å². The number of fused-ring (bicyclic) bond motifs is 6. The maximum Gasteiger partial charge on any atom is 0.259 e. The Labute approximate surface area is 196 Å². The molecule has 1 aliphatic heterocycles. The molecule has 0 saturated heterocycles. The first-order valence-electron chi connectivity index (χ1n) is 11.7. The highest BCUT2D eigenvalue weighted by Crippen LogP contribution is 2.46. The van der Waals surface area contributed by atoms with E-state index < -0.39 is 0 Å². The molecule has 2 aromatic carbocycles. The summed E-state index contributed by atoms with van der Waals surface area (Å²) in [6.45, 7) is 1.43. The summed E-state index contributed by atoms with van der Waals surface area (Å²) >= 11 is 0.